The molecule has 0 atom stereocenters. The molecule has 0 aromatic heterocycles. The topological polar surface area (TPSA) is 41.5 Å². The SMILES string of the molecule is O=C=C1[C]=NC2=CCNC=C2C1. The molecule has 2 aliphatic heterocycles. The van der Waals surface area contributed by atoms with Crippen LogP contribution in [0.1, 0.15) is 6.42 Å². The monoisotopic (exact) mass is 159 g/mol. The highest BCUT2D eigenvalue weighted by molar-refractivity contribution is 5.92. The van der Waals surface area contributed by atoms with Crippen LogP contribution >= 0.6 is 0 Å². The van der Waals surface area contributed by atoms with Crippen LogP contribution < -0.4 is 5.32 Å². The van der Waals surface area contributed by atoms with Crippen molar-refractivity contribution in [3.8, 4) is 0 Å². The number of aliphatic imine (C=N–C) groups is 1. The second kappa shape index (κ2) is 2.80. The molecule has 0 spiro atoms. The Hall–Kier alpha value is -1.60. The second-order valence-corrected chi connectivity index (χ2v) is 2.65. The van der Waals surface area contributed by atoms with Crippen LogP contribution in [-0.2, 0) is 4.79 Å². The fourth-order valence-electron chi connectivity index (χ4n) is 1.22. The van der Waals surface area contributed by atoms with Crippen LogP contribution in [0.3, 0.4) is 0 Å². The third-order valence-electron chi connectivity index (χ3n) is 1.82. The highest BCUT2D eigenvalue weighted by atomic mass is 16.1. The van der Waals surface area contributed by atoms with Crippen molar-refractivity contribution in [2.75, 3.05) is 6.54 Å². The molecule has 1 radical (unpaired) electrons. The third-order valence-corrected chi connectivity index (χ3v) is 1.82. The highest BCUT2D eigenvalue weighted by Crippen LogP contribution is 2.23. The molecule has 0 saturated heterocycles. The van der Waals surface area contributed by atoms with E-state index in [0.29, 0.717) is 12.0 Å². The summed E-state index contributed by atoms with van der Waals surface area (Å²) in [5.74, 6) is 1.80. The zero-order valence-electron chi connectivity index (χ0n) is 6.42. The van der Waals surface area contributed by atoms with Gasteiger partial charge in [0.05, 0.1) is 11.3 Å². The number of nitrogens with zero attached hydrogens (tertiary/aromatic N) is 1. The van der Waals surface area contributed by atoms with Crippen molar-refractivity contribution < 1.29 is 4.79 Å². The van der Waals surface area contributed by atoms with Crippen molar-refractivity contribution in [2.45, 2.75) is 6.42 Å². The van der Waals surface area contributed by atoms with Gasteiger partial charge in [0.2, 0.25) is 0 Å². The number of rotatable bonds is 0. The van der Waals surface area contributed by atoms with E-state index in [1.165, 1.54) is 0 Å². The zero-order chi connectivity index (χ0) is 8.39. The van der Waals surface area contributed by atoms with Gasteiger partial charge in [-0.15, -0.1) is 0 Å². The van der Waals surface area contributed by atoms with Crippen molar-refractivity contribution in [2.24, 2.45) is 4.99 Å². The molecule has 0 bridgehead atoms. The fourth-order valence-corrected chi connectivity index (χ4v) is 1.22. The van der Waals surface area contributed by atoms with Crippen LogP contribution in [0.15, 0.2) is 34.1 Å². The molecule has 2 heterocycles. The lowest BCUT2D eigenvalue weighted by atomic mass is 10.0. The Kier molecular flexibility index (Phi) is 1.65. The molecule has 2 rings (SSSR count). The summed E-state index contributed by atoms with van der Waals surface area (Å²) >= 11 is 0. The molecule has 1 N–H and O–H groups in total. The number of dihydropyridines is 1. The first kappa shape index (κ1) is 7.07. The fraction of sp³-hybridized carbons (Fsp3) is 0.222. The van der Waals surface area contributed by atoms with Gasteiger partial charge in [0, 0.05) is 19.2 Å². The Balaban J connectivity index is 2.40. The Morgan fingerprint density at radius 1 is 1.67 bits per heavy atom. The van der Waals surface area contributed by atoms with E-state index in [4.69, 9.17) is 0 Å². The lowest BCUT2D eigenvalue weighted by Gasteiger charge is -2.15. The van der Waals surface area contributed by atoms with Crippen LogP contribution in [0.5, 0.6) is 0 Å². The maximum Gasteiger partial charge on any atom is 0.130 e. The first-order chi connectivity index (χ1) is 5.90. The van der Waals surface area contributed by atoms with E-state index in [9.17, 15) is 4.79 Å². The first-order valence-corrected chi connectivity index (χ1v) is 3.74. The molecular weight excluding hydrogens is 152 g/mol. The molecule has 0 aliphatic carbocycles. The van der Waals surface area contributed by atoms with E-state index in [1.807, 2.05) is 12.3 Å². The Morgan fingerprint density at radius 3 is 3.42 bits per heavy atom. The summed E-state index contributed by atoms with van der Waals surface area (Å²) in [5.41, 5.74) is 2.45. The summed E-state index contributed by atoms with van der Waals surface area (Å²) in [6.07, 6.45) is 7.10. The minimum Gasteiger partial charge on any atom is -0.387 e. The lowest BCUT2D eigenvalue weighted by Crippen LogP contribution is -2.14. The predicted octanol–water partition coefficient (Wildman–Crippen LogP) is 0.467. The van der Waals surface area contributed by atoms with Gasteiger partial charge in [0.25, 0.3) is 0 Å². The average Bonchev–Trinajstić information content (AvgIpc) is 2.17. The number of fused-ring (bicyclic) bond motifs is 1. The van der Waals surface area contributed by atoms with E-state index in [2.05, 4.69) is 16.5 Å². The van der Waals surface area contributed by atoms with E-state index in [-0.39, 0.29) is 0 Å². The van der Waals surface area contributed by atoms with Gasteiger partial charge >= 0.3 is 0 Å². The van der Waals surface area contributed by atoms with Crippen molar-refractivity contribution in [3.05, 3.63) is 29.1 Å². The number of carbonyl (C=O) groups excluding carboxylic acids is 1. The summed E-state index contributed by atoms with van der Waals surface area (Å²) < 4.78 is 0. The molecule has 0 aromatic rings. The quantitative estimate of drug-likeness (QED) is 0.522. The van der Waals surface area contributed by atoms with Crippen LogP contribution in [0.4, 0.5) is 0 Å². The first-order valence-electron chi connectivity index (χ1n) is 3.74. The molecular formula is C9H7N2O. The predicted molar refractivity (Wildman–Crippen MR) is 45.4 cm³/mol. The maximum absolute atomic E-state index is 10.3. The molecule has 2 aliphatic rings. The number of hydrogen-bond donors (Lipinski definition) is 1. The molecule has 12 heavy (non-hydrogen) atoms. The molecule has 3 heteroatoms. The smallest absolute Gasteiger partial charge is 0.130 e. The molecule has 0 fully saturated rings. The van der Waals surface area contributed by atoms with Gasteiger partial charge in [-0.25, -0.2) is 9.79 Å². The van der Waals surface area contributed by atoms with Gasteiger partial charge in [-0.3, -0.25) is 0 Å². The minimum absolute atomic E-state index is 0.488. The average molecular weight is 159 g/mol. The lowest BCUT2D eigenvalue weighted by molar-refractivity contribution is 0.567. The standard InChI is InChI=1S/C9H7N2O/c12-6-7-3-8-5-10-2-1-9(8)11-4-7/h1,5,10H,2-3H2. The molecule has 0 amide bonds. The Labute approximate surface area is 70.2 Å². The second-order valence-electron chi connectivity index (χ2n) is 2.65. The number of hydrogen-bond acceptors (Lipinski definition) is 3. The summed E-state index contributed by atoms with van der Waals surface area (Å²) in [7, 11) is 0. The zero-order valence-corrected chi connectivity index (χ0v) is 6.42. The molecule has 0 saturated carbocycles. The van der Waals surface area contributed by atoms with Crippen LogP contribution in [0, 0.1) is 0 Å². The minimum atomic E-state index is 0.488. The summed E-state index contributed by atoms with van der Waals surface area (Å²) in [5, 5.41) is 3.06. The molecule has 3 nitrogen and oxygen atoms in total. The summed E-state index contributed by atoms with van der Waals surface area (Å²) in [6, 6.07) is 0. The van der Waals surface area contributed by atoms with E-state index < -0.39 is 0 Å². The van der Waals surface area contributed by atoms with Crippen molar-refractivity contribution in [3.63, 3.8) is 0 Å². The van der Waals surface area contributed by atoms with Gasteiger partial charge < -0.3 is 5.32 Å². The Morgan fingerprint density at radius 2 is 2.58 bits per heavy atom. The van der Waals surface area contributed by atoms with E-state index in [1.54, 1.807) is 5.94 Å². The van der Waals surface area contributed by atoms with Crippen molar-refractivity contribution in [1.29, 1.82) is 0 Å². The number of nitrogens with one attached hydrogen (secondary N) is 1. The van der Waals surface area contributed by atoms with Crippen molar-refractivity contribution in [1.82, 2.24) is 5.32 Å². The van der Waals surface area contributed by atoms with E-state index >= 15 is 0 Å². The number of allylic oxidation sites excluding steroid dienone is 2. The highest BCUT2D eigenvalue weighted by Gasteiger charge is 2.14. The molecule has 59 valence electrons. The third kappa shape index (κ3) is 1.11. The van der Waals surface area contributed by atoms with Gasteiger partial charge in [0.1, 0.15) is 12.2 Å². The van der Waals surface area contributed by atoms with Crippen LogP contribution in [0.2, 0.25) is 0 Å². The van der Waals surface area contributed by atoms with Gasteiger partial charge in [-0.1, -0.05) is 0 Å². The summed E-state index contributed by atoms with van der Waals surface area (Å²) in [6.45, 7) is 0.796. The summed E-state index contributed by atoms with van der Waals surface area (Å²) in [4.78, 5) is 14.3. The maximum atomic E-state index is 10.3. The van der Waals surface area contributed by atoms with E-state index in [0.717, 1.165) is 17.8 Å². The van der Waals surface area contributed by atoms with Gasteiger partial charge in [0.15, 0.2) is 0 Å². The van der Waals surface area contributed by atoms with Gasteiger partial charge in [-0.05, 0) is 11.6 Å². The van der Waals surface area contributed by atoms with Crippen LogP contribution in [-0.4, -0.2) is 18.7 Å². The van der Waals surface area contributed by atoms with Crippen molar-refractivity contribution >= 4 is 12.2 Å². The van der Waals surface area contributed by atoms with Crippen LogP contribution in [0.25, 0.3) is 0 Å². The van der Waals surface area contributed by atoms with Gasteiger partial charge in [-0.2, -0.15) is 0 Å². The molecule has 0 unspecified atom stereocenters. The largest absolute Gasteiger partial charge is 0.387 e. The Bertz CT molecular complexity index is 344. The normalized spacial score (nSPS) is 20.2. The molecule has 0 aromatic carbocycles.